The van der Waals surface area contributed by atoms with Crippen molar-refractivity contribution in [3.8, 4) is 0 Å². The number of anilines is 1. The standard InChI is InChI=1S/C20H27N5O2S/c1-13-7-9-15(10-8-13)21-16(26)18-24-23-17(28-18)14-6-5-11-25(12-14)19(27)22-20(2,3)4/h7-10,14H,5-6,11-12H2,1-4H3,(H,21,26)(H,22,27)/t14-/m0/s1. The van der Waals surface area contributed by atoms with Crippen molar-refractivity contribution >= 4 is 29.0 Å². The highest BCUT2D eigenvalue weighted by molar-refractivity contribution is 7.13. The number of rotatable bonds is 3. The normalized spacial score (nSPS) is 17.3. The highest BCUT2D eigenvalue weighted by atomic mass is 32.1. The Kier molecular flexibility index (Phi) is 5.98. The zero-order valence-electron chi connectivity index (χ0n) is 16.8. The Morgan fingerprint density at radius 1 is 1.18 bits per heavy atom. The molecule has 1 aromatic carbocycles. The predicted octanol–water partition coefficient (Wildman–Crippen LogP) is 3.79. The third-order valence-electron chi connectivity index (χ3n) is 4.48. The number of carbonyl (C=O) groups is 2. The van der Waals surface area contributed by atoms with Crippen LogP contribution in [0.2, 0.25) is 0 Å². The Labute approximate surface area is 169 Å². The van der Waals surface area contributed by atoms with Gasteiger partial charge in [-0.1, -0.05) is 29.0 Å². The first-order valence-electron chi connectivity index (χ1n) is 9.50. The number of aryl methyl sites for hydroxylation is 1. The molecule has 0 aliphatic carbocycles. The van der Waals surface area contributed by atoms with Gasteiger partial charge in [-0.3, -0.25) is 4.79 Å². The number of benzene rings is 1. The summed E-state index contributed by atoms with van der Waals surface area (Å²) in [5.41, 5.74) is 1.59. The van der Waals surface area contributed by atoms with Gasteiger partial charge in [-0.05, 0) is 52.7 Å². The lowest BCUT2D eigenvalue weighted by Gasteiger charge is -2.34. The molecule has 0 unspecified atom stereocenters. The van der Waals surface area contributed by atoms with E-state index in [0.29, 0.717) is 11.6 Å². The van der Waals surface area contributed by atoms with Crippen molar-refractivity contribution in [2.24, 2.45) is 0 Å². The molecule has 2 heterocycles. The molecule has 1 aliphatic heterocycles. The number of amides is 3. The molecule has 1 aliphatic rings. The smallest absolute Gasteiger partial charge is 0.317 e. The Morgan fingerprint density at radius 3 is 2.57 bits per heavy atom. The van der Waals surface area contributed by atoms with Gasteiger partial charge in [0.15, 0.2) is 0 Å². The third kappa shape index (κ3) is 5.28. The van der Waals surface area contributed by atoms with E-state index in [0.717, 1.165) is 35.6 Å². The molecule has 2 N–H and O–H groups in total. The third-order valence-corrected chi connectivity index (χ3v) is 5.57. The molecule has 3 amide bonds. The summed E-state index contributed by atoms with van der Waals surface area (Å²) in [5, 5.41) is 15.3. The van der Waals surface area contributed by atoms with Crippen LogP contribution in [0.1, 0.15) is 59.9 Å². The number of hydrogen-bond donors (Lipinski definition) is 2. The van der Waals surface area contributed by atoms with Gasteiger partial charge in [0.05, 0.1) is 0 Å². The highest BCUT2D eigenvalue weighted by Crippen LogP contribution is 2.29. The van der Waals surface area contributed by atoms with Gasteiger partial charge in [0.1, 0.15) is 5.01 Å². The van der Waals surface area contributed by atoms with Crippen LogP contribution in [0, 0.1) is 6.92 Å². The molecule has 3 rings (SSSR count). The van der Waals surface area contributed by atoms with Crippen LogP contribution >= 0.6 is 11.3 Å². The molecule has 1 atom stereocenters. The summed E-state index contributed by atoms with van der Waals surface area (Å²) >= 11 is 1.30. The van der Waals surface area contributed by atoms with Crippen LogP contribution in [0.25, 0.3) is 0 Å². The maximum atomic E-state index is 12.4. The molecule has 1 saturated heterocycles. The van der Waals surface area contributed by atoms with Gasteiger partial charge in [0.2, 0.25) is 5.01 Å². The first kappa shape index (κ1) is 20.3. The van der Waals surface area contributed by atoms with Crippen molar-refractivity contribution in [2.45, 2.75) is 52.0 Å². The maximum Gasteiger partial charge on any atom is 0.317 e. The fraction of sp³-hybridized carbons (Fsp3) is 0.500. The van der Waals surface area contributed by atoms with Crippen molar-refractivity contribution in [1.82, 2.24) is 20.4 Å². The van der Waals surface area contributed by atoms with Crippen LogP contribution in [-0.4, -0.2) is 45.7 Å². The summed E-state index contributed by atoms with van der Waals surface area (Å²) in [6, 6.07) is 7.56. The Hall–Kier alpha value is -2.48. The summed E-state index contributed by atoms with van der Waals surface area (Å²) in [5.74, 6) is -0.149. The second-order valence-electron chi connectivity index (χ2n) is 8.23. The molecule has 150 valence electrons. The number of hydrogen-bond acceptors (Lipinski definition) is 5. The van der Waals surface area contributed by atoms with Crippen LogP contribution in [0.5, 0.6) is 0 Å². The number of aromatic nitrogens is 2. The maximum absolute atomic E-state index is 12.4. The number of nitrogens with one attached hydrogen (secondary N) is 2. The topological polar surface area (TPSA) is 87.2 Å². The fourth-order valence-electron chi connectivity index (χ4n) is 3.08. The van der Waals surface area contributed by atoms with Gasteiger partial charge in [0, 0.05) is 30.2 Å². The van der Waals surface area contributed by atoms with Crippen molar-refractivity contribution in [3.05, 3.63) is 39.8 Å². The number of carbonyl (C=O) groups excluding carboxylic acids is 2. The van der Waals surface area contributed by atoms with Crippen molar-refractivity contribution in [1.29, 1.82) is 0 Å². The number of likely N-dealkylation sites (tertiary alicyclic amines) is 1. The van der Waals surface area contributed by atoms with Crippen LogP contribution in [0.3, 0.4) is 0 Å². The van der Waals surface area contributed by atoms with Gasteiger partial charge in [-0.15, -0.1) is 10.2 Å². The average molecular weight is 402 g/mol. The molecule has 2 aromatic rings. The van der Waals surface area contributed by atoms with Crippen LogP contribution < -0.4 is 10.6 Å². The van der Waals surface area contributed by atoms with E-state index in [-0.39, 0.29) is 23.4 Å². The first-order valence-corrected chi connectivity index (χ1v) is 10.3. The second-order valence-corrected chi connectivity index (χ2v) is 9.24. The molecule has 0 bridgehead atoms. The largest absolute Gasteiger partial charge is 0.333 e. The zero-order valence-corrected chi connectivity index (χ0v) is 17.6. The monoisotopic (exact) mass is 401 g/mol. The Bertz CT molecular complexity index is 841. The van der Waals surface area contributed by atoms with Crippen molar-refractivity contribution in [2.75, 3.05) is 18.4 Å². The molecule has 1 aromatic heterocycles. The van der Waals surface area contributed by atoms with E-state index < -0.39 is 0 Å². The molecular weight excluding hydrogens is 374 g/mol. The lowest BCUT2D eigenvalue weighted by molar-refractivity contribution is 0.102. The summed E-state index contributed by atoms with van der Waals surface area (Å²) < 4.78 is 0. The zero-order chi connectivity index (χ0) is 20.3. The lowest BCUT2D eigenvalue weighted by Crippen LogP contribution is -2.51. The molecule has 0 spiro atoms. The van der Waals surface area contributed by atoms with Gasteiger partial charge < -0.3 is 15.5 Å². The SMILES string of the molecule is Cc1ccc(NC(=O)c2nnc([C@H]3CCCN(C(=O)NC(C)(C)C)C3)s2)cc1. The van der Waals surface area contributed by atoms with Gasteiger partial charge in [-0.2, -0.15) is 0 Å². The van der Waals surface area contributed by atoms with E-state index in [1.165, 1.54) is 11.3 Å². The van der Waals surface area contributed by atoms with Crippen LogP contribution in [0.4, 0.5) is 10.5 Å². The second kappa shape index (κ2) is 8.26. The molecule has 28 heavy (non-hydrogen) atoms. The molecule has 7 nitrogen and oxygen atoms in total. The van der Waals surface area contributed by atoms with Crippen molar-refractivity contribution in [3.63, 3.8) is 0 Å². The van der Waals surface area contributed by atoms with Gasteiger partial charge in [0.25, 0.3) is 5.91 Å². The molecule has 8 heteroatoms. The lowest BCUT2D eigenvalue weighted by atomic mass is 9.99. The molecular formula is C20H27N5O2S. The van der Waals surface area contributed by atoms with Gasteiger partial charge in [-0.25, -0.2) is 4.79 Å². The molecule has 0 saturated carbocycles. The number of piperidine rings is 1. The van der Waals surface area contributed by atoms with E-state index in [1.54, 1.807) is 0 Å². The summed E-state index contributed by atoms with van der Waals surface area (Å²) in [6.45, 7) is 9.23. The minimum absolute atomic E-state index is 0.0564. The minimum atomic E-state index is -0.270. The van der Waals surface area contributed by atoms with E-state index >= 15 is 0 Å². The summed E-state index contributed by atoms with van der Waals surface area (Å²) in [4.78, 5) is 26.7. The van der Waals surface area contributed by atoms with E-state index in [1.807, 2.05) is 56.9 Å². The average Bonchev–Trinajstić information content (AvgIpc) is 3.13. The minimum Gasteiger partial charge on any atom is -0.333 e. The predicted molar refractivity (Wildman–Crippen MR) is 111 cm³/mol. The fourth-order valence-corrected chi connectivity index (χ4v) is 3.94. The van der Waals surface area contributed by atoms with E-state index in [4.69, 9.17) is 0 Å². The van der Waals surface area contributed by atoms with Crippen molar-refractivity contribution < 1.29 is 9.59 Å². The van der Waals surface area contributed by atoms with Gasteiger partial charge >= 0.3 is 6.03 Å². The molecule has 1 fully saturated rings. The highest BCUT2D eigenvalue weighted by Gasteiger charge is 2.29. The first-order chi connectivity index (χ1) is 13.2. The number of urea groups is 1. The van der Waals surface area contributed by atoms with E-state index in [2.05, 4.69) is 20.8 Å². The quantitative estimate of drug-likeness (QED) is 0.819. The van der Waals surface area contributed by atoms with Crippen LogP contribution in [0.15, 0.2) is 24.3 Å². The van der Waals surface area contributed by atoms with E-state index in [9.17, 15) is 9.59 Å². The number of nitrogens with zero attached hydrogens (tertiary/aromatic N) is 3. The Balaban J connectivity index is 1.63. The van der Waals surface area contributed by atoms with Crippen LogP contribution in [-0.2, 0) is 0 Å². The molecule has 0 radical (unpaired) electrons. The summed E-state index contributed by atoms with van der Waals surface area (Å²) in [6.07, 6.45) is 1.85. The Morgan fingerprint density at radius 2 is 1.89 bits per heavy atom. The summed E-state index contributed by atoms with van der Waals surface area (Å²) in [7, 11) is 0.